The number of nitrogens with two attached hydrogens (primary N) is 1. The Bertz CT molecular complexity index is 541. The van der Waals surface area contributed by atoms with Crippen LogP contribution in [-0.4, -0.2) is 42.5 Å². The minimum absolute atomic E-state index is 0.00234. The van der Waals surface area contributed by atoms with Crippen molar-refractivity contribution in [3.05, 3.63) is 23.8 Å². The van der Waals surface area contributed by atoms with Crippen molar-refractivity contribution in [2.75, 3.05) is 13.7 Å². The largest absolute Gasteiger partial charge is 0.493 e. The number of primary amides is 1. The zero-order chi connectivity index (χ0) is 16.9. The van der Waals surface area contributed by atoms with Gasteiger partial charge in [-0.2, -0.15) is 0 Å². The van der Waals surface area contributed by atoms with Crippen molar-refractivity contribution < 1.29 is 19.1 Å². The minimum Gasteiger partial charge on any atom is -0.493 e. The number of rotatable bonds is 7. The fraction of sp³-hybridized carbons (Fsp3) is 0.500. The number of hydrogen-bond donors (Lipinski definition) is 1. The van der Waals surface area contributed by atoms with Crippen LogP contribution in [0.15, 0.2) is 18.2 Å². The lowest BCUT2D eigenvalue weighted by Gasteiger charge is -2.25. The molecule has 6 heteroatoms. The number of methoxy groups -OCH3 is 1. The van der Waals surface area contributed by atoms with Crippen LogP contribution in [0.4, 0.5) is 0 Å². The maximum absolute atomic E-state index is 12.5. The second-order valence-corrected chi connectivity index (χ2v) is 5.53. The Morgan fingerprint density at radius 1 is 1.18 bits per heavy atom. The van der Waals surface area contributed by atoms with E-state index in [0.717, 1.165) is 0 Å². The van der Waals surface area contributed by atoms with E-state index in [0.29, 0.717) is 17.1 Å². The van der Waals surface area contributed by atoms with Gasteiger partial charge in [0.1, 0.15) is 0 Å². The van der Waals surface area contributed by atoms with Gasteiger partial charge in [-0.05, 0) is 45.9 Å². The average Bonchev–Trinajstić information content (AvgIpc) is 2.43. The first kappa shape index (κ1) is 17.8. The maximum Gasteiger partial charge on any atom is 0.254 e. The molecule has 1 aromatic rings. The molecule has 0 atom stereocenters. The molecule has 0 saturated heterocycles. The third-order valence-electron chi connectivity index (χ3n) is 2.98. The van der Waals surface area contributed by atoms with Crippen molar-refractivity contribution in [2.24, 2.45) is 5.73 Å². The highest BCUT2D eigenvalue weighted by atomic mass is 16.5. The summed E-state index contributed by atoms with van der Waals surface area (Å²) < 4.78 is 10.9. The molecular weight excluding hydrogens is 284 g/mol. The van der Waals surface area contributed by atoms with Gasteiger partial charge in [-0.15, -0.1) is 0 Å². The highest BCUT2D eigenvalue weighted by molar-refractivity contribution is 5.97. The zero-order valence-electron chi connectivity index (χ0n) is 13.8. The molecule has 22 heavy (non-hydrogen) atoms. The second-order valence-electron chi connectivity index (χ2n) is 5.53. The van der Waals surface area contributed by atoms with E-state index in [1.807, 2.05) is 27.7 Å². The molecule has 0 aromatic heterocycles. The highest BCUT2D eigenvalue weighted by Gasteiger charge is 2.22. The molecular formula is C16H24N2O4. The van der Waals surface area contributed by atoms with Gasteiger partial charge in [-0.1, -0.05) is 0 Å². The molecule has 122 valence electrons. The highest BCUT2D eigenvalue weighted by Crippen LogP contribution is 2.29. The summed E-state index contributed by atoms with van der Waals surface area (Å²) in [5.74, 6) is 0.222. The van der Waals surface area contributed by atoms with Crippen LogP contribution in [0.1, 0.15) is 38.1 Å². The topological polar surface area (TPSA) is 81.9 Å². The molecule has 1 rings (SSSR count). The van der Waals surface area contributed by atoms with E-state index in [-0.39, 0.29) is 24.6 Å². The van der Waals surface area contributed by atoms with Gasteiger partial charge < -0.3 is 20.1 Å². The smallest absolute Gasteiger partial charge is 0.254 e. The van der Waals surface area contributed by atoms with Crippen molar-refractivity contribution in [2.45, 2.75) is 39.8 Å². The molecule has 0 fully saturated rings. The Balaban J connectivity index is 3.09. The molecule has 0 heterocycles. The number of ether oxygens (including phenoxy) is 2. The van der Waals surface area contributed by atoms with Gasteiger partial charge in [0.15, 0.2) is 11.5 Å². The van der Waals surface area contributed by atoms with E-state index >= 15 is 0 Å². The predicted molar refractivity (Wildman–Crippen MR) is 84.1 cm³/mol. The van der Waals surface area contributed by atoms with Gasteiger partial charge in [-0.25, -0.2) is 0 Å². The third-order valence-corrected chi connectivity index (χ3v) is 2.98. The predicted octanol–water partition coefficient (Wildman–Crippen LogP) is 1.82. The van der Waals surface area contributed by atoms with E-state index in [9.17, 15) is 9.59 Å². The van der Waals surface area contributed by atoms with Crippen LogP contribution in [-0.2, 0) is 4.79 Å². The third kappa shape index (κ3) is 4.65. The number of carbonyl (C=O) groups is 2. The molecule has 0 saturated carbocycles. The summed E-state index contributed by atoms with van der Waals surface area (Å²) in [5, 5.41) is 0. The first-order valence-corrected chi connectivity index (χ1v) is 7.20. The van der Waals surface area contributed by atoms with Crippen LogP contribution in [0.3, 0.4) is 0 Å². The van der Waals surface area contributed by atoms with Crippen LogP contribution in [0.2, 0.25) is 0 Å². The molecule has 2 amide bonds. The summed E-state index contributed by atoms with van der Waals surface area (Å²) in [6.45, 7) is 7.35. The van der Waals surface area contributed by atoms with Crippen LogP contribution in [0, 0.1) is 0 Å². The molecule has 1 aromatic carbocycles. The molecule has 0 unspecified atom stereocenters. The molecule has 0 radical (unpaired) electrons. The Morgan fingerprint density at radius 2 is 1.82 bits per heavy atom. The average molecular weight is 308 g/mol. The maximum atomic E-state index is 12.5. The van der Waals surface area contributed by atoms with Crippen LogP contribution >= 0.6 is 0 Å². The fourth-order valence-corrected chi connectivity index (χ4v) is 1.97. The van der Waals surface area contributed by atoms with Crippen molar-refractivity contribution >= 4 is 11.8 Å². The fourth-order valence-electron chi connectivity index (χ4n) is 1.97. The Labute approximate surface area is 131 Å². The number of benzene rings is 1. The van der Waals surface area contributed by atoms with Crippen molar-refractivity contribution in [3.63, 3.8) is 0 Å². The number of amides is 2. The van der Waals surface area contributed by atoms with Crippen molar-refractivity contribution in [1.82, 2.24) is 4.90 Å². The van der Waals surface area contributed by atoms with Gasteiger partial charge in [-0.3, -0.25) is 9.59 Å². The monoisotopic (exact) mass is 308 g/mol. The Morgan fingerprint density at radius 3 is 2.27 bits per heavy atom. The van der Waals surface area contributed by atoms with Crippen molar-refractivity contribution in [1.29, 1.82) is 0 Å². The minimum atomic E-state index is -0.547. The lowest BCUT2D eigenvalue weighted by Crippen LogP contribution is -2.42. The summed E-state index contributed by atoms with van der Waals surface area (Å²) in [6.07, 6.45) is -0.00234. The SMILES string of the molecule is COc1cc(C(=O)N(CC(N)=O)C(C)C)ccc1OC(C)C. The molecule has 0 spiro atoms. The first-order valence-electron chi connectivity index (χ1n) is 7.20. The van der Waals surface area contributed by atoms with Gasteiger partial charge in [0.25, 0.3) is 5.91 Å². The quantitative estimate of drug-likeness (QED) is 0.833. The van der Waals surface area contributed by atoms with Crippen LogP contribution < -0.4 is 15.2 Å². The number of hydrogen-bond acceptors (Lipinski definition) is 4. The standard InChI is InChI=1S/C16H24N2O4/c1-10(2)18(9-15(17)19)16(20)12-6-7-13(22-11(3)4)14(8-12)21-5/h6-8,10-11H,9H2,1-5H3,(H2,17,19). The molecule has 0 aliphatic heterocycles. The van der Waals surface area contributed by atoms with Gasteiger partial charge in [0.05, 0.1) is 19.8 Å². The molecule has 2 N–H and O–H groups in total. The van der Waals surface area contributed by atoms with E-state index in [4.69, 9.17) is 15.2 Å². The summed E-state index contributed by atoms with van der Waals surface area (Å²) >= 11 is 0. The second kappa shape index (κ2) is 7.68. The molecule has 6 nitrogen and oxygen atoms in total. The van der Waals surface area contributed by atoms with E-state index < -0.39 is 5.91 Å². The van der Waals surface area contributed by atoms with E-state index in [1.165, 1.54) is 12.0 Å². The van der Waals surface area contributed by atoms with E-state index in [1.54, 1.807) is 18.2 Å². The molecule has 0 bridgehead atoms. The summed E-state index contributed by atoms with van der Waals surface area (Å²) in [7, 11) is 1.51. The van der Waals surface area contributed by atoms with Gasteiger partial charge >= 0.3 is 0 Å². The number of carbonyl (C=O) groups excluding carboxylic acids is 2. The summed E-state index contributed by atoms with van der Waals surface area (Å²) in [4.78, 5) is 25.1. The molecule has 0 aliphatic carbocycles. The summed E-state index contributed by atoms with van der Waals surface area (Å²) in [5.41, 5.74) is 5.62. The molecule has 0 aliphatic rings. The van der Waals surface area contributed by atoms with Crippen LogP contribution in [0.25, 0.3) is 0 Å². The van der Waals surface area contributed by atoms with Crippen LogP contribution in [0.5, 0.6) is 11.5 Å². The zero-order valence-corrected chi connectivity index (χ0v) is 13.8. The summed E-state index contributed by atoms with van der Waals surface area (Å²) in [6, 6.07) is 4.81. The van der Waals surface area contributed by atoms with Gasteiger partial charge in [0.2, 0.25) is 5.91 Å². The van der Waals surface area contributed by atoms with Gasteiger partial charge in [0, 0.05) is 11.6 Å². The normalized spacial score (nSPS) is 10.7. The lowest BCUT2D eigenvalue weighted by atomic mass is 10.1. The first-order chi connectivity index (χ1) is 10.3. The van der Waals surface area contributed by atoms with Crippen molar-refractivity contribution in [3.8, 4) is 11.5 Å². The Hall–Kier alpha value is -2.24. The number of nitrogens with zero attached hydrogens (tertiary/aromatic N) is 1. The lowest BCUT2D eigenvalue weighted by molar-refractivity contribution is -0.119. The Kier molecular flexibility index (Phi) is 6.22. The van der Waals surface area contributed by atoms with E-state index in [2.05, 4.69) is 0 Å².